The van der Waals surface area contributed by atoms with E-state index in [0.717, 1.165) is 75.0 Å². The molecule has 0 spiro atoms. The molecule has 4 unspecified atom stereocenters. The molecule has 2 aliphatic rings. The van der Waals surface area contributed by atoms with Crippen molar-refractivity contribution in [3.05, 3.63) is 165 Å². The maximum absolute atomic E-state index is 14.1. The molecule has 0 aliphatic carbocycles. The van der Waals surface area contributed by atoms with Crippen LogP contribution in [-0.4, -0.2) is 133 Å². The fraction of sp³-hybridized carbons (Fsp3) is 0.478. The van der Waals surface area contributed by atoms with Crippen LogP contribution in [0.1, 0.15) is 143 Å². The van der Waals surface area contributed by atoms with Crippen LogP contribution in [-0.2, 0) is 28.7 Å². The van der Waals surface area contributed by atoms with Crippen LogP contribution in [0, 0.1) is 0 Å². The molecule has 0 fully saturated rings. The first-order valence-electron chi connectivity index (χ1n) is 30.6. The molecule has 4 atom stereocenters. The number of hydrogen-bond acceptors (Lipinski definition) is 16. The molecule has 0 radical (unpaired) electrons. The van der Waals surface area contributed by atoms with Crippen molar-refractivity contribution in [1.82, 2.24) is 20.9 Å². The third kappa shape index (κ3) is 24.7. The van der Waals surface area contributed by atoms with Crippen LogP contribution in [0.3, 0.4) is 0 Å². The number of hydrogen-bond donors (Lipinski definition) is 7. The molecular weight excluding hydrogens is 1180 g/mol. The van der Waals surface area contributed by atoms with Crippen LogP contribution in [0.5, 0.6) is 23.0 Å². The van der Waals surface area contributed by atoms with E-state index in [9.17, 15) is 39.6 Å². The lowest BCUT2D eigenvalue weighted by molar-refractivity contribution is -0.141. The van der Waals surface area contributed by atoms with Gasteiger partial charge < -0.3 is 69.7 Å². The van der Waals surface area contributed by atoms with Crippen molar-refractivity contribution in [3.8, 4) is 23.0 Å². The summed E-state index contributed by atoms with van der Waals surface area (Å²) in [5.41, 5.74) is 4.45. The van der Waals surface area contributed by atoms with Gasteiger partial charge in [-0.25, -0.2) is 19.2 Å². The number of nitrogens with zero attached hydrogens (tertiary/aromatic N) is 1. The van der Waals surface area contributed by atoms with E-state index in [1.807, 2.05) is 131 Å². The second-order valence-corrected chi connectivity index (χ2v) is 22.3. The first-order chi connectivity index (χ1) is 41.8. The van der Waals surface area contributed by atoms with Crippen LogP contribution in [0.15, 0.2) is 154 Å². The number of carboxylic acid groups (broad SMARTS) is 2. The Morgan fingerprint density at radius 2 is 1.08 bits per heavy atom. The lowest BCUT2D eigenvalue weighted by Gasteiger charge is -2.36. The molecule has 6 rings (SSSR count). The number of carbonyl (C=O) groups is 4. The number of aliphatic hydroxyl groups excluding tert-OH is 2. The highest BCUT2D eigenvalue weighted by atomic mass is 35.5. The van der Waals surface area contributed by atoms with Crippen LogP contribution in [0.25, 0.3) is 0 Å². The summed E-state index contributed by atoms with van der Waals surface area (Å²) in [6.07, 6.45) is 7.42. The van der Waals surface area contributed by atoms with Gasteiger partial charge in [-0.1, -0.05) is 106 Å². The Labute approximate surface area is 538 Å². The number of dihydropyridines is 1. The summed E-state index contributed by atoms with van der Waals surface area (Å²) in [5, 5.41) is 49.5. The van der Waals surface area contributed by atoms with E-state index < -0.39 is 47.9 Å². The van der Waals surface area contributed by atoms with E-state index >= 15 is 0 Å². The first kappa shape index (κ1) is 76.2. The molecule has 4 aromatic rings. The molecule has 20 heteroatoms. The highest BCUT2D eigenvalue weighted by Crippen LogP contribution is 2.44. The summed E-state index contributed by atoms with van der Waals surface area (Å²) in [5.74, 6) is -2.18. The molecule has 7 N–H and O–H groups in total. The van der Waals surface area contributed by atoms with E-state index in [1.54, 1.807) is 38.1 Å². The van der Waals surface area contributed by atoms with E-state index in [2.05, 4.69) is 22.9 Å². The number of esters is 2. The molecule has 0 saturated carbocycles. The van der Waals surface area contributed by atoms with Gasteiger partial charge in [-0.05, 0) is 135 Å². The standard InChI is InChI=1S/C50H71N3O9.C19H23NO5.2ClH/c1-36(2)62-45-27-20-22-40(31-45)48-46(49(56)58-29-18-8-7-17-28-51-32-41(54)34-60-43-23-13-9-14-24-43)38(4)53(6)39(5)47(48)50(57)59-30-19-11-12-21-37(3)52-33-42(55)35-61-44-25-15-10-16-26-44;1-4-5-10-25-14-9-7-6-8-13(14)17-15(18(21)22)11(2)20-12(3)16(17)19(23)24;;/h9-10,13-16,20,22-27,31,36-37,41-42,48,51-52,54-55H,7-8,11-12,17-19,21,28-30,32-35H2,1-6H3;6-9,17,20H,4-5,10H2,1-3H3,(H,21,22)(H,23,24);2*1H. The van der Waals surface area contributed by atoms with Gasteiger partial charge in [0.15, 0.2) is 0 Å². The Balaban J connectivity index is 0.000000640. The quantitative estimate of drug-likeness (QED) is 0.0165. The van der Waals surface area contributed by atoms with Crippen LogP contribution < -0.4 is 34.9 Å². The van der Waals surface area contributed by atoms with Gasteiger partial charge in [0.2, 0.25) is 0 Å². The third-order valence-corrected chi connectivity index (χ3v) is 15.0. The normalized spacial score (nSPS) is 15.1. The number of carbonyl (C=O) groups excluding carboxylic acids is 2. The number of nitrogens with one attached hydrogen (secondary N) is 3. The lowest BCUT2D eigenvalue weighted by atomic mass is 9.79. The maximum atomic E-state index is 14.1. The summed E-state index contributed by atoms with van der Waals surface area (Å²) in [7, 11) is 1.85. The number of carboxylic acids is 2. The summed E-state index contributed by atoms with van der Waals surface area (Å²) in [6, 6.07) is 33.7. The minimum atomic E-state index is -1.15. The van der Waals surface area contributed by atoms with Crippen LogP contribution in [0.2, 0.25) is 0 Å². The first-order valence-corrected chi connectivity index (χ1v) is 30.6. The average molecular weight is 1280 g/mol. The zero-order valence-corrected chi connectivity index (χ0v) is 54.9. The average Bonchev–Trinajstić information content (AvgIpc) is 1.60. The number of benzene rings is 4. The topological polar surface area (TPSA) is 244 Å². The lowest BCUT2D eigenvalue weighted by Crippen LogP contribution is -2.36. The molecule has 0 saturated heterocycles. The molecule has 2 aliphatic heterocycles. The summed E-state index contributed by atoms with van der Waals surface area (Å²) in [6.45, 7) is 18.2. The van der Waals surface area contributed by atoms with Crippen molar-refractivity contribution < 1.29 is 68.0 Å². The smallest absolute Gasteiger partial charge is 0.336 e. The number of unbranched alkanes of at least 4 members (excludes halogenated alkanes) is 6. The van der Waals surface area contributed by atoms with Gasteiger partial charge in [-0.2, -0.15) is 0 Å². The second kappa shape index (κ2) is 40.6. The second-order valence-electron chi connectivity index (χ2n) is 22.3. The van der Waals surface area contributed by atoms with Crippen molar-refractivity contribution >= 4 is 48.7 Å². The predicted molar refractivity (Wildman–Crippen MR) is 351 cm³/mol. The minimum absolute atomic E-state index is 0. The van der Waals surface area contributed by atoms with E-state index in [0.29, 0.717) is 83.5 Å². The van der Waals surface area contributed by atoms with Crippen LogP contribution >= 0.6 is 24.8 Å². The number of rotatable bonds is 36. The molecule has 18 nitrogen and oxygen atoms in total. The zero-order valence-electron chi connectivity index (χ0n) is 53.2. The Hall–Kier alpha value is -7.06. The summed E-state index contributed by atoms with van der Waals surface area (Å²) in [4.78, 5) is 53.7. The largest absolute Gasteiger partial charge is 0.493 e. The van der Waals surface area contributed by atoms with Crippen LogP contribution in [0.4, 0.5) is 0 Å². The Morgan fingerprint density at radius 3 is 1.62 bits per heavy atom. The van der Waals surface area contributed by atoms with E-state index in [-0.39, 0.29) is 74.5 Å². The van der Waals surface area contributed by atoms with Gasteiger partial charge in [-0.15, -0.1) is 24.8 Å². The SMILES string of the molecule is CC1=C(C(=O)OCCCCCCNCC(O)COc2ccccc2)C(c2cccc(OC(C)C)c2)C(C(=O)OCCCCCC(C)NCC(O)COc2ccccc2)=C(C)N1C.CCCCOc1ccccc1C1C(C(=O)O)=C(C)NC(C)=C1C(=O)O.Cl.Cl. The van der Waals surface area contributed by atoms with Crippen molar-refractivity contribution in [3.63, 3.8) is 0 Å². The molecular formula is C69H96Cl2N4O14. The molecule has 89 heavy (non-hydrogen) atoms. The maximum Gasteiger partial charge on any atom is 0.336 e. The van der Waals surface area contributed by atoms with Gasteiger partial charge in [0, 0.05) is 54.5 Å². The van der Waals surface area contributed by atoms with Crippen molar-refractivity contribution in [2.45, 2.75) is 156 Å². The molecule has 0 bridgehead atoms. The number of halogens is 2. The number of aliphatic carboxylic acids is 2. The van der Waals surface area contributed by atoms with Gasteiger partial charge in [0.25, 0.3) is 0 Å². The minimum Gasteiger partial charge on any atom is -0.493 e. The molecule has 0 amide bonds. The van der Waals surface area contributed by atoms with Gasteiger partial charge in [-0.3, -0.25) is 0 Å². The third-order valence-electron chi connectivity index (χ3n) is 15.0. The fourth-order valence-electron chi connectivity index (χ4n) is 10.3. The highest BCUT2D eigenvalue weighted by molar-refractivity contribution is 6.00. The highest BCUT2D eigenvalue weighted by Gasteiger charge is 2.41. The zero-order chi connectivity index (χ0) is 63.3. The van der Waals surface area contributed by atoms with Gasteiger partial charge in [0.05, 0.1) is 60.1 Å². The number of ether oxygens (including phenoxy) is 6. The Kier molecular flexibility index (Phi) is 34.7. The number of allylic oxidation sites excluding steroid dienone is 4. The molecule has 4 aromatic carbocycles. The van der Waals surface area contributed by atoms with E-state index in [4.69, 9.17) is 28.4 Å². The summed E-state index contributed by atoms with van der Waals surface area (Å²) >= 11 is 0. The van der Waals surface area contributed by atoms with Crippen molar-refractivity contribution in [2.75, 3.05) is 59.7 Å². The fourth-order valence-corrected chi connectivity index (χ4v) is 10.3. The van der Waals surface area contributed by atoms with Crippen molar-refractivity contribution in [2.24, 2.45) is 0 Å². The molecule has 2 heterocycles. The van der Waals surface area contributed by atoms with Crippen molar-refractivity contribution in [1.29, 1.82) is 0 Å². The van der Waals surface area contributed by atoms with Gasteiger partial charge in [0.1, 0.15) is 48.4 Å². The molecule has 490 valence electrons. The number of para-hydroxylation sites is 3. The van der Waals surface area contributed by atoms with E-state index in [1.165, 1.54) is 0 Å². The number of aliphatic hydroxyl groups is 2. The van der Waals surface area contributed by atoms with Gasteiger partial charge >= 0.3 is 23.9 Å². The predicted octanol–water partition coefficient (Wildman–Crippen LogP) is 11.8. The molecule has 0 aromatic heterocycles. The Bertz CT molecular complexity index is 2920. The Morgan fingerprint density at radius 1 is 0.573 bits per heavy atom. The monoisotopic (exact) mass is 1270 g/mol. The summed E-state index contributed by atoms with van der Waals surface area (Å²) < 4.78 is 35.0.